The van der Waals surface area contributed by atoms with Crippen LogP contribution in [0.15, 0.2) is 41.8 Å². The number of thiophene rings is 1. The third-order valence-corrected chi connectivity index (χ3v) is 5.21. The van der Waals surface area contributed by atoms with E-state index >= 15 is 0 Å². The molecule has 1 aromatic heterocycles. The summed E-state index contributed by atoms with van der Waals surface area (Å²) in [4.78, 5) is 15.7. The van der Waals surface area contributed by atoms with Gasteiger partial charge in [-0.3, -0.25) is 4.79 Å². The zero-order valence-corrected chi connectivity index (χ0v) is 13.3. The van der Waals surface area contributed by atoms with Gasteiger partial charge >= 0.3 is 0 Å². The van der Waals surface area contributed by atoms with E-state index in [-0.39, 0.29) is 11.9 Å². The lowest BCUT2D eigenvalue weighted by atomic mass is 10.0. The fraction of sp³-hybridized carbons (Fsp3) is 0.235. The normalized spacial score (nSPS) is 18.0. The standard InChI is InChI=1S/C17H16ClNOS/c1-12-14-9-11-21-16(14)8-10-19(12)17(20)7-6-13-4-2-3-5-15(13)18/h2-7,9,11-12H,8,10H2,1H3/b7-6+/t12-/m0/s1. The number of carbonyl (C=O) groups excluding carboxylic acids is 1. The van der Waals surface area contributed by atoms with E-state index in [4.69, 9.17) is 11.6 Å². The number of carbonyl (C=O) groups is 1. The zero-order valence-electron chi connectivity index (χ0n) is 11.8. The molecule has 1 aromatic carbocycles. The maximum Gasteiger partial charge on any atom is 0.247 e. The third-order valence-electron chi connectivity index (χ3n) is 3.87. The molecule has 3 rings (SSSR count). The van der Waals surface area contributed by atoms with Crippen LogP contribution in [-0.2, 0) is 11.2 Å². The molecule has 1 atom stereocenters. The second-order valence-corrected chi connectivity index (χ2v) is 6.52. The van der Waals surface area contributed by atoms with Crippen molar-refractivity contribution in [3.63, 3.8) is 0 Å². The molecule has 0 N–H and O–H groups in total. The van der Waals surface area contributed by atoms with E-state index in [0.29, 0.717) is 5.02 Å². The maximum atomic E-state index is 12.4. The largest absolute Gasteiger partial charge is 0.332 e. The van der Waals surface area contributed by atoms with Gasteiger partial charge in [-0.1, -0.05) is 29.8 Å². The van der Waals surface area contributed by atoms with Gasteiger partial charge in [-0.15, -0.1) is 11.3 Å². The molecule has 2 heterocycles. The van der Waals surface area contributed by atoms with Crippen LogP contribution in [0.4, 0.5) is 0 Å². The molecule has 0 radical (unpaired) electrons. The van der Waals surface area contributed by atoms with Crippen LogP contribution >= 0.6 is 22.9 Å². The van der Waals surface area contributed by atoms with Crippen molar-refractivity contribution in [3.05, 3.63) is 62.8 Å². The number of hydrogen-bond acceptors (Lipinski definition) is 2. The second-order valence-electron chi connectivity index (χ2n) is 5.11. The quantitative estimate of drug-likeness (QED) is 0.743. The molecule has 0 spiro atoms. The molecule has 2 nitrogen and oxygen atoms in total. The Kier molecular flexibility index (Phi) is 4.13. The summed E-state index contributed by atoms with van der Waals surface area (Å²) in [7, 11) is 0. The number of halogens is 1. The topological polar surface area (TPSA) is 20.3 Å². The van der Waals surface area contributed by atoms with Crippen molar-refractivity contribution < 1.29 is 4.79 Å². The summed E-state index contributed by atoms with van der Waals surface area (Å²) in [5.41, 5.74) is 2.15. The van der Waals surface area contributed by atoms with E-state index in [0.717, 1.165) is 18.5 Å². The van der Waals surface area contributed by atoms with Gasteiger partial charge in [0, 0.05) is 22.5 Å². The smallest absolute Gasteiger partial charge is 0.247 e. The average molecular weight is 318 g/mol. The molecule has 0 saturated heterocycles. The lowest BCUT2D eigenvalue weighted by Crippen LogP contribution is -2.37. The highest BCUT2D eigenvalue weighted by Crippen LogP contribution is 2.33. The number of hydrogen-bond donors (Lipinski definition) is 0. The lowest BCUT2D eigenvalue weighted by Gasteiger charge is -2.32. The van der Waals surface area contributed by atoms with Crippen LogP contribution in [0.2, 0.25) is 5.02 Å². The predicted octanol–water partition coefficient (Wildman–Crippen LogP) is 4.56. The molecule has 2 aromatic rings. The van der Waals surface area contributed by atoms with Gasteiger partial charge < -0.3 is 4.90 Å². The maximum absolute atomic E-state index is 12.4. The Hall–Kier alpha value is -1.58. The molecule has 0 fully saturated rings. The molecule has 1 aliphatic rings. The predicted molar refractivity (Wildman–Crippen MR) is 88.6 cm³/mol. The van der Waals surface area contributed by atoms with Gasteiger partial charge in [-0.25, -0.2) is 0 Å². The van der Waals surface area contributed by atoms with Gasteiger partial charge in [-0.05, 0) is 48.1 Å². The first-order valence-corrected chi connectivity index (χ1v) is 8.22. The van der Waals surface area contributed by atoms with Gasteiger partial charge in [-0.2, -0.15) is 0 Å². The molecule has 4 heteroatoms. The molecular weight excluding hydrogens is 302 g/mol. The number of amides is 1. The Labute approximate surface area is 133 Å². The fourth-order valence-electron chi connectivity index (χ4n) is 2.68. The molecule has 0 unspecified atom stereocenters. The van der Waals surface area contributed by atoms with Crippen molar-refractivity contribution in [2.45, 2.75) is 19.4 Å². The van der Waals surface area contributed by atoms with Crippen LogP contribution in [-0.4, -0.2) is 17.4 Å². The van der Waals surface area contributed by atoms with Gasteiger partial charge in [0.05, 0.1) is 6.04 Å². The summed E-state index contributed by atoms with van der Waals surface area (Å²) in [6.45, 7) is 2.87. The van der Waals surface area contributed by atoms with Crippen molar-refractivity contribution in [1.29, 1.82) is 0 Å². The zero-order chi connectivity index (χ0) is 14.8. The van der Waals surface area contributed by atoms with Crippen LogP contribution in [0, 0.1) is 0 Å². The summed E-state index contributed by atoms with van der Waals surface area (Å²) in [6.07, 6.45) is 4.36. The van der Waals surface area contributed by atoms with Crippen LogP contribution in [0.25, 0.3) is 6.08 Å². The molecule has 1 amide bonds. The Morgan fingerprint density at radius 2 is 2.19 bits per heavy atom. The van der Waals surface area contributed by atoms with Gasteiger partial charge in [0.2, 0.25) is 5.91 Å². The summed E-state index contributed by atoms with van der Waals surface area (Å²) in [6, 6.07) is 9.80. The summed E-state index contributed by atoms with van der Waals surface area (Å²) >= 11 is 7.88. The Morgan fingerprint density at radius 3 is 3.00 bits per heavy atom. The van der Waals surface area contributed by atoms with Crippen molar-refractivity contribution in [1.82, 2.24) is 4.90 Å². The highest BCUT2D eigenvalue weighted by molar-refractivity contribution is 7.10. The minimum atomic E-state index is 0.0410. The molecule has 0 saturated carbocycles. The minimum absolute atomic E-state index is 0.0410. The molecule has 21 heavy (non-hydrogen) atoms. The van der Waals surface area contributed by atoms with Crippen LogP contribution in [0.3, 0.4) is 0 Å². The number of nitrogens with zero attached hydrogens (tertiary/aromatic N) is 1. The van der Waals surface area contributed by atoms with E-state index in [1.165, 1.54) is 10.4 Å². The highest BCUT2D eigenvalue weighted by Gasteiger charge is 2.26. The van der Waals surface area contributed by atoms with Gasteiger partial charge in [0.1, 0.15) is 0 Å². The van der Waals surface area contributed by atoms with E-state index in [1.807, 2.05) is 29.2 Å². The molecular formula is C17H16ClNOS. The van der Waals surface area contributed by atoms with Crippen molar-refractivity contribution in [2.75, 3.05) is 6.54 Å². The van der Waals surface area contributed by atoms with Crippen LogP contribution < -0.4 is 0 Å². The Morgan fingerprint density at radius 1 is 1.38 bits per heavy atom. The van der Waals surface area contributed by atoms with Crippen LogP contribution in [0.1, 0.15) is 29.0 Å². The molecule has 0 bridgehead atoms. The van der Waals surface area contributed by atoms with Gasteiger partial charge in [0.25, 0.3) is 0 Å². The van der Waals surface area contributed by atoms with E-state index < -0.39 is 0 Å². The second kappa shape index (κ2) is 6.04. The number of benzene rings is 1. The number of fused-ring (bicyclic) bond motifs is 1. The summed E-state index contributed by atoms with van der Waals surface area (Å²) in [5.74, 6) is 0.0410. The minimum Gasteiger partial charge on any atom is -0.332 e. The number of rotatable bonds is 2. The van der Waals surface area contributed by atoms with Crippen molar-refractivity contribution in [3.8, 4) is 0 Å². The van der Waals surface area contributed by atoms with E-state index in [1.54, 1.807) is 23.5 Å². The first-order chi connectivity index (χ1) is 10.2. The molecule has 0 aliphatic carbocycles. The highest BCUT2D eigenvalue weighted by atomic mass is 35.5. The first-order valence-electron chi connectivity index (χ1n) is 6.96. The van der Waals surface area contributed by atoms with Crippen LogP contribution in [0.5, 0.6) is 0 Å². The fourth-order valence-corrected chi connectivity index (χ4v) is 3.84. The van der Waals surface area contributed by atoms with Crippen molar-refractivity contribution >= 4 is 34.9 Å². The first kappa shape index (κ1) is 14.4. The molecule has 108 valence electrons. The summed E-state index contributed by atoms with van der Waals surface area (Å²) in [5, 5.41) is 2.77. The van der Waals surface area contributed by atoms with Crippen molar-refractivity contribution in [2.24, 2.45) is 0 Å². The molecule has 1 aliphatic heterocycles. The third kappa shape index (κ3) is 2.89. The average Bonchev–Trinajstić information content (AvgIpc) is 2.96. The van der Waals surface area contributed by atoms with E-state index in [2.05, 4.69) is 18.4 Å². The van der Waals surface area contributed by atoms with E-state index in [9.17, 15) is 4.79 Å². The SMILES string of the molecule is C[C@H]1c2ccsc2CCN1C(=O)/C=C/c1ccccc1Cl. The Bertz CT molecular complexity index is 692. The van der Waals surface area contributed by atoms with Gasteiger partial charge in [0.15, 0.2) is 0 Å². The monoisotopic (exact) mass is 317 g/mol. The lowest BCUT2D eigenvalue weighted by molar-refractivity contribution is -0.128. The summed E-state index contributed by atoms with van der Waals surface area (Å²) < 4.78 is 0. The Balaban J connectivity index is 1.76.